The van der Waals surface area contributed by atoms with Crippen molar-refractivity contribution in [1.82, 2.24) is 0 Å². The predicted molar refractivity (Wildman–Crippen MR) is 61.3 cm³/mol. The maximum absolute atomic E-state index is 11.5. The molecule has 0 saturated carbocycles. The molecule has 1 rings (SSSR count). The van der Waals surface area contributed by atoms with Crippen LogP contribution < -0.4 is 0 Å². The van der Waals surface area contributed by atoms with Gasteiger partial charge in [-0.3, -0.25) is 4.79 Å². The summed E-state index contributed by atoms with van der Waals surface area (Å²) in [7, 11) is -2.97. The molecule has 0 amide bonds. The van der Waals surface area contributed by atoms with Crippen molar-refractivity contribution in [2.45, 2.75) is 26.7 Å². The number of rotatable bonds is 6. The van der Waals surface area contributed by atoms with Gasteiger partial charge in [0.25, 0.3) is 0 Å². The van der Waals surface area contributed by atoms with Crippen molar-refractivity contribution in [2.75, 3.05) is 11.5 Å². The lowest BCUT2D eigenvalue weighted by atomic mass is 10.2. The lowest BCUT2D eigenvalue weighted by Crippen LogP contribution is -2.10. The summed E-state index contributed by atoms with van der Waals surface area (Å²) in [6.07, 6.45) is 0.570. The van der Waals surface area contributed by atoms with Crippen LogP contribution in [0.1, 0.15) is 36.1 Å². The number of hydrogen-bond acceptors (Lipinski definition) is 4. The molecule has 0 unspecified atom stereocenters. The topological polar surface area (TPSA) is 64.3 Å². The third-order valence-corrected chi connectivity index (χ3v) is 4.10. The first kappa shape index (κ1) is 13.0. The summed E-state index contributed by atoms with van der Waals surface area (Å²) >= 11 is 0. The fraction of sp³-hybridized carbons (Fsp3) is 0.545. The van der Waals surface area contributed by atoms with Crippen molar-refractivity contribution in [1.29, 1.82) is 0 Å². The van der Waals surface area contributed by atoms with Crippen LogP contribution in [0.4, 0.5) is 0 Å². The Labute approximate surface area is 95.6 Å². The molecule has 0 fully saturated rings. The molecule has 5 heteroatoms. The van der Waals surface area contributed by atoms with E-state index in [2.05, 4.69) is 0 Å². The smallest absolute Gasteiger partial charge is 0.198 e. The van der Waals surface area contributed by atoms with Crippen molar-refractivity contribution in [3.05, 3.63) is 23.7 Å². The minimum absolute atomic E-state index is 0.0644. The molecule has 1 aromatic heterocycles. The number of sulfone groups is 1. The van der Waals surface area contributed by atoms with Gasteiger partial charge in [-0.05, 0) is 25.5 Å². The largest absolute Gasteiger partial charge is 0.458 e. The zero-order valence-corrected chi connectivity index (χ0v) is 10.3. The zero-order valence-electron chi connectivity index (χ0n) is 9.52. The van der Waals surface area contributed by atoms with Gasteiger partial charge in [0.05, 0.1) is 5.75 Å². The van der Waals surface area contributed by atoms with Crippen LogP contribution in [0.2, 0.25) is 0 Å². The highest BCUT2D eigenvalue weighted by Gasteiger charge is 2.12. The zero-order chi connectivity index (χ0) is 12.2. The molecule has 0 aliphatic rings. The Morgan fingerprint density at radius 1 is 1.38 bits per heavy atom. The van der Waals surface area contributed by atoms with E-state index >= 15 is 0 Å². The summed E-state index contributed by atoms with van der Waals surface area (Å²) in [5.74, 6) is 1.05. The Morgan fingerprint density at radius 3 is 2.56 bits per heavy atom. The van der Waals surface area contributed by atoms with Crippen LogP contribution in [-0.4, -0.2) is 25.7 Å². The summed E-state index contributed by atoms with van der Waals surface area (Å²) in [4.78, 5) is 11.5. The summed E-state index contributed by atoms with van der Waals surface area (Å²) in [6.45, 7) is 3.37. The molecule has 0 aliphatic carbocycles. The minimum Gasteiger partial charge on any atom is -0.458 e. The number of carbonyl (C=O) groups is 1. The fourth-order valence-corrected chi connectivity index (χ4v) is 2.18. The lowest BCUT2D eigenvalue weighted by molar-refractivity contribution is 0.0954. The SMILES string of the molecule is CCS(=O)(=O)CCCC(=O)c1ccc(C)o1. The molecule has 4 nitrogen and oxygen atoms in total. The maximum Gasteiger partial charge on any atom is 0.198 e. The van der Waals surface area contributed by atoms with E-state index in [0.717, 1.165) is 0 Å². The van der Waals surface area contributed by atoms with Gasteiger partial charge >= 0.3 is 0 Å². The Morgan fingerprint density at radius 2 is 2.06 bits per heavy atom. The van der Waals surface area contributed by atoms with Crippen LogP contribution in [0.3, 0.4) is 0 Å². The summed E-state index contributed by atoms with van der Waals surface area (Å²) in [5.41, 5.74) is 0. The van der Waals surface area contributed by atoms with Crippen molar-refractivity contribution in [2.24, 2.45) is 0 Å². The number of carbonyl (C=O) groups excluding carboxylic acids is 1. The highest BCUT2D eigenvalue weighted by atomic mass is 32.2. The van der Waals surface area contributed by atoms with E-state index in [1.165, 1.54) is 0 Å². The third-order valence-electron chi connectivity index (χ3n) is 2.31. The molecule has 0 radical (unpaired) electrons. The Hall–Kier alpha value is -1.10. The monoisotopic (exact) mass is 244 g/mol. The first-order valence-corrected chi connectivity index (χ1v) is 7.07. The first-order chi connectivity index (χ1) is 7.44. The number of hydrogen-bond donors (Lipinski definition) is 0. The van der Waals surface area contributed by atoms with E-state index in [1.54, 1.807) is 26.0 Å². The van der Waals surface area contributed by atoms with Gasteiger partial charge in [0, 0.05) is 12.2 Å². The number of aryl methyl sites for hydroxylation is 1. The van der Waals surface area contributed by atoms with Gasteiger partial charge in [-0.2, -0.15) is 0 Å². The standard InChI is InChI=1S/C11H16O4S/c1-3-16(13,14)8-4-5-10(12)11-7-6-9(2)15-11/h6-7H,3-5,8H2,1-2H3. The average Bonchev–Trinajstić information content (AvgIpc) is 2.64. The van der Waals surface area contributed by atoms with E-state index in [1.807, 2.05) is 0 Å². The Balaban J connectivity index is 2.43. The number of Topliss-reactive ketones (excluding diaryl/α,β-unsaturated/α-hetero) is 1. The molecular formula is C11H16O4S. The van der Waals surface area contributed by atoms with Gasteiger partial charge < -0.3 is 4.42 Å². The van der Waals surface area contributed by atoms with E-state index in [4.69, 9.17) is 4.42 Å². The normalized spacial score (nSPS) is 11.6. The van der Waals surface area contributed by atoms with Gasteiger partial charge in [-0.15, -0.1) is 0 Å². The highest BCUT2D eigenvalue weighted by Crippen LogP contribution is 2.10. The van der Waals surface area contributed by atoms with Crippen LogP contribution in [0, 0.1) is 6.92 Å². The molecule has 90 valence electrons. The van der Waals surface area contributed by atoms with E-state index in [-0.39, 0.29) is 23.7 Å². The average molecular weight is 244 g/mol. The van der Waals surface area contributed by atoms with Crippen LogP contribution >= 0.6 is 0 Å². The van der Waals surface area contributed by atoms with E-state index < -0.39 is 9.84 Å². The Kier molecular flexibility index (Phi) is 4.29. The van der Waals surface area contributed by atoms with Crippen LogP contribution in [0.5, 0.6) is 0 Å². The van der Waals surface area contributed by atoms with Crippen molar-refractivity contribution < 1.29 is 17.6 Å². The lowest BCUT2D eigenvalue weighted by Gasteiger charge is -1.99. The minimum atomic E-state index is -2.97. The molecule has 0 atom stereocenters. The van der Waals surface area contributed by atoms with Gasteiger partial charge in [0.2, 0.25) is 0 Å². The maximum atomic E-state index is 11.5. The molecule has 0 spiro atoms. The summed E-state index contributed by atoms with van der Waals surface area (Å²) in [6, 6.07) is 3.34. The molecule has 1 aromatic rings. The van der Waals surface area contributed by atoms with Crippen molar-refractivity contribution in [3.63, 3.8) is 0 Å². The molecule has 0 bridgehead atoms. The molecule has 16 heavy (non-hydrogen) atoms. The molecule has 0 saturated heterocycles. The van der Waals surface area contributed by atoms with Gasteiger partial charge in [-0.25, -0.2) is 8.42 Å². The third kappa shape index (κ3) is 3.81. The first-order valence-electron chi connectivity index (χ1n) is 5.24. The summed E-state index contributed by atoms with van der Waals surface area (Å²) in [5, 5.41) is 0. The Bertz CT molecular complexity index is 456. The summed E-state index contributed by atoms with van der Waals surface area (Å²) < 4.78 is 27.5. The van der Waals surface area contributed by atoms with Crippen LogP contribution in [0.25, 0.3) is 0 Å². The predicted octanol–water partition coefficient (Wildman–Crippen LogP) is 1.99. The van der Waals surface area contributed by atoms with Crippen molar-refractivity contribution >= 4 is 15.6 Å². The van der Waals surface area contributed by atoms with Gasteiger partial charge in [-0.1, -0.05) is 6.92 Å². The molecule has 0 aromatic carbocycles. The molecule has 0 aliphatic heterocycles. The van der Waals surface area contributed by atoms with Crippen LogP contribution in [-0.2, 0) is 9.84 Å². The second kappa shape index (κ2) is 5.30. The molecule has 0 N–H and O–H groups in total. The number of furan rings is 1. The van der Waals surface area contributed by atoms with Gasteiger partial charge in [0.1, 0.15) is 15.6 Å². The molecular weight excluding hydrogens is 228 g/mol. The van der Waals surface area contributed by atoms with E-state index in [9.17, 15) is 13.2 Å². The fourth-order valence-electron chi connectivity index (χ4n) is 1.30. The highest BCUT2D eigenvalue weighted by molar-refractivity contribution is 7.91. The second-order valence-corrected chi connectivity index (χ2v) is 6.15. The van der Waals surface area contributed by atoms with Crippen molar-refractivity contribution in [3.8, 4) is 0 Å². The molecule has 1 heterocycles. The van der Waals surface area contributed by atoms with Gasteiger partial charge in [0.15, 0.2) is 11.5 Å². The number of ketones is 1. The second-order valence-electron chi connectivity index (χ2n) is 3.67. The van der Waals surface area contributed by atoms with Crippen LogP contribution in [0.15, 0.2) is 16.5 Å². The quantitative estimate of drug-likeness (QED) is 0.718. The van der Waals surface area contributed by atoms with E-state index in [0.29, 0.717) is 17.9 Å².